The quantitative estimate of drug-likeness (QED) is 0.847. The van der Waals surface area contributed by atoms with Gasteiger partial charge in [0.2, 0.25) is 0 Å². The maximum atomic E-state index is 5.68. The molecule has 1 aromatic carbocycles. The Morgan fingerprint density at radius 3 is 2.72 bits per heavy atom. The van der Waals surface area contributed by atoms with Gasteiger partial charge in [0.25, 0.3) is 0 Å². The predicted molar refractivity (Wildman–Crippen MR) is 71.6 cm³/mol. The van der Waals surface area contributed by atoms with Crippen LogP contribution >= 0.6 is 0 Å². The summed E-state index contributed by atoms with van der Waals surface area (Å²) in [5, 5.41) is 3.33. The summed E-state index contributed by atoms with van der Waals surface area (Å²) in [5.41, 5.74) is 2.04. The number of para-hydroxylation sites is 2. The largest absolute Gasteiger partial charge is 0.491 e. The lowest BCUT2D eigenvalue weighted by atomic mass is 10.2. The molecule has 2 rings (SSSR count). The van der Waals surface area contributed by atoms with E-state index in [9.17, 15) is 0 Å². The summed E-state index contributed by atoms with van der Waals surface area (Å²) in [6.07, 6.45) is 6.13. The van der Waals surface area contributed by atoms with E-state index in [1.54, 1.807) is 12.4 Å². The number of hydrogen-bond acceptors (Lipinski definition) is 4. The van der Waals surface area contributed by atoms with Crippen molar-refractivity contribution in [2.24, 2.45) is 0 Å². The van der Waals surface area contributed by atoms with Crippen molar-refractivity contribution in [2.75, 3.05) is 11.9 Å². The van der Waals surface area contributed by atoms with Gasteiger partial charge in [-0.05, 0) is 18.6 Å². The van der Waals surface area contributed by atoms with Gasteiger partial charge in [-0.3, -0.25) is 0 Å². The van der Waals surface area contributed by atoms with Crippen LogP contribution in [0.15, 0.2) is 43.0 Å². The average Bonchev–Trinajstić information content (AvgIpc) is 2.45. The minimum Gasteiger partial charge on any atom is -0.491 e. The van der Waals surface area contributed by atoms with Gasteiger partial charge in [-0.1, -0.05) is 19.1 Å². The zero-order valence-electron chi connectivity index (χ0n) is 10.5. The molecular weight excluding hydrogens is 226 g/mol. The minimum atomic E-state index is 0.688. The van der Waals surface area contributed by atoms with Crippen LogP contribution in [0.3, 0.4) is 0 Å². The second kappa shape index (κ2) is 6.59. The molecule has 0 aliphatic heterocycles. The summed E-state index contributed by atoms with van der Waals surface area (Å²) in [6.45, 7) is 3.51. The first-order chi connectivity index (χ1) is 8.90. The molecule has 0 bridgehead atoms. The molecule has 0 fully saturated rings. The Hall–Kier alpha value is -2.10. The first-order valence-corrected chi connectivity index (χ1v) is 6.09. The third-order valence-corrected chi connectivity index (χ3v) is 2.45. The van der Waals surface area contributed by atoms with Gasteiger partial charge < -0.3 is 10.1 Å². The molecule has 94 valence electrons. The lowest BCUT2D eigenvalue weighted by Gasteiger charge is -2.12. The molecule has 0 radical (unpaired) electrons. The second-order valence-corrected chi connectivity index (χ2v) is 3.94. The Labute approximate surface area is 107 Å². The summed E-state index contributed by atoms with van der Waals surface area (Å²) in [5.74, 6) is 0.885. The van der Waals surface area contributed by atoms with E-state index in [4.69, 9.17) is 4.74 Å². The Morgan fingerprint density at radius 1 is 1.17 bits per heavy atom. The standard InChI is InChI=1S/C14H17N3O/c1-2-7-18-14-6-4-3-5-13(14)17-10-12-8-15-11-16-9-12/h3-6,8-9,11,17H,2,7,10H2,1H3. The van der Waals surface area contributed by atoms with Crippen LogP contribution < -0.4 is 10.1 Å². The van der Waals surface area contributed by atoms with E-state index in [-0.39, 0.29) is 0 Å². The third kappa shape index (κ3) is 3.45. The SMILES string of the molecule is CCCOc1ccccc1NCc1cncnc1. The van der Waals surface area contributed by atoms with Crippen LogP contribution in [0.4, 0.5) is 5.69 Å². The topological polar surface area (TPSA) is 47.0 Å². The van der Waals surface area contributed by atoms with Gasteiger partial charge in [-0.15, -0.1) is 0 Å². The average molecular weight is 243 g/mol. The summed E-state index contributed by atoms with van der Waals surface area (Å²) in [4.78, 5) is 7.97. The summed E-state index contributed by atoms with van der Waals surface area (Å²) >= 11 is 0. The predicted octanol–water partition coefficient (Wildman–Crippen LogP) is 2.88. The molecule has 2 aromatic rings. The highest BCUT2D eigenvalue weighted by molar-refractivity contribution is 5.56. The first kappa shape index (κ1) is 12.4. The fourth-order valence-corrected chi connectivity index (χ4v) is 1.57. The van der Waals surface area contributed by atoms with Crippen molar-refractivity contribution >= 4 is 5.69 Å². The Kier molecular flexibility index (Phi) is 4.53. The zero-order chi connectivity index (χ0) is 12.6. The summed E-state index contributed by atoms with van der Waals surface area (Å²) in [6, 6.07) is 7.94. The number of nitrogens with zero attached hydrogens (tertiary/aromatic N) is 2. The van der Waals surface area contributed by atoms with Crippen molar-refractivity contribution in [3.8, 4) is 5.75 Å². The van der Waals surface area contributed by atoms with E-state index in [0.717, 1.165) is 30.0 Å². The molecule has 1 N–H and O–H groups in total. The van der Waals surface area contributed by atoms with Crippen molar-refractivity contribution in [2.45, 2.75) is 19.9 Å². The van der Waals surface area contributed by atoms with Crippen LogP contribution in [0.5, 0.6) is 5.75 Å². The van der Waals surface area contributed by atoms with Crippen LogP contribution in [0.1, 0.15) is 18.9 Å². The molecule has 0 atom stereocenters. The van der Waals surface area contributed by atoms with E-state index in [0.29, 0.717) is 6.54 Å². The van der Waals surface area contributed by atoms with Gasteiger partial charge in [0.05, 0.1) is 12.3 Å². The van der Waals surface area contributed by atoms with Crippen molar-refractivity contribution in [1.29, 1.82) is 0 Å². The number of anilines is 1. The molecule has 18 heavy (non-hydrogen) atoms. The van der Waals surface area contributed by atoms with E-state index in [1.807, 2.05) is 24.3 Å². The van der Waals surface area contributed by atoms with Crippen molar-refractivity contribution in [3.63, 3.8) is 0 Å². The lowest BCUT2D eigenvalue weighted by Crippen LogP contribution is -2.03. The number of ether oxygens (including phenoxy) is 1. The normalized spacial score (nSPS) is 10.1. The smallest absolute Gasteiger partial charge is 0.142 e. The van der Waals surface area contributed by atoms with Crippen LogP contribution in [0.2, 0.25) is 0 Å². The van der Waals surface area contributed by atoms with Gasteiger partial charge in [-0.25, -0.2) is 9.97 Å². The number of benzene rings is 1. The Bertz CT molecular complexity index is 473. The molecule has 0 aliphatic rings. The van der Waals surface area contributed by atoms with E-state index >= 15 is 0 Å². The molecule has 0 unspecified atom stereocenters. The number of hydrogen-bond donors (Lipinski definition) is 1. The Morgan fingerprint density at radius 2 is 1.94 bits per heavy atom. The van der Waals surface area contributed by atoms with Crippen LogP contribution in [-0.2, 0) is 6.54 Å². The van der Waals surface area contributed by atoms with Crippen molar-refractivity contribution < 1.29 is 4.74 Å². The zero-order valence-corrected chi connectivity index (χ0v) is 10.5. The van der Waals surface area contributed by atoms with E-state index in [1.165, 1.54) is 6.33 Å². The highest BCUT2D eigenvalue weighted by Crippen LogP contribution is 2.24. The molecular formula is C14H17N3O. The molecule has 1 aromatic heterocycles. The van der Waals surface area contributed by atoms with Gasteiger partial charge >= 0.3 is 0 Å². The fraction of sp³-hybridized carbons (Fsp3) is 0.286. The Balaban J connectivity index is 2.00. The second-order valence-electron chi connectivity index (χ2n) is 3.94. The van der Waals surface area contributed by atoms with Crippen LogP contribution in [0.25, 0.3) is 0 Å². The van der Waals surface area contributed by atoms with Gasteiger partial charge in [0, 0.05) is 24.5 Å². The highest BCUT2D eigenvalue weighted by Gasteiger charge is 2.02. The molecule has 0 saturated carbocycles. The molecule has 4 heteroatoms. The maximum absolute atomic E-state index is 5.68. The van der Waals surface area contributed by atoms with Gasteiger partial charge in [0.1, 0.15) is 12.1 Å². The molecule has 1 heterocycles. The highest BCUT2D eigenvalue weighted by atomic mass is 16.5. The summed E-state index contributed by atoms with van der Waals surface area (Å²) < 4.78 is 5.68. The van der Waals surface area contributed by atoms with Crippen LogP contribution in [0, 0.1) is 0 Å². The number of aromatic nitrogens is 2. The lowest BCUT2D eigenvalue weighted by molar-refractivity contribution is 0.319. The maximum Gasteiger partial charge on any atom is 0.142 e. The molecule has 0 spiro atoms. The first-order valence-electron chi connectivity index (χ1n) is 6.09. The monoisotopic (exact) mass is 243 g/mol. The van der Waals surface area contributed by atoms with E-state index < -0.39 is 0 Å². The fourth-order valence-electron chi connectivity index (χ4n) is 1.57. The molecule has 0 amide bonds. The summed E-state index contributed by atoms with van der Waals surface area (Å²) in [7, 11) is 0. The van der Waals surface area contributed by atoms with Gasteiger partial charge in [0.15, 0.2) is 0 Å². The van der Waals surface area contributed by atoms with Crippen LogP contribution in [-0.4, -0.2) is 16.6 Å². The van der Waals surface area contributed by atoms with Gasteiger partial charge in [-0.2, -0.15) is 0 Å². The number of rotatable bonds is 6. The number of nitrogens with one attached hydrogen (secondary N) is 1. The van der Waals surface area contributed by atoms with Crippen molar-refractivity contribution in [1.82, 2.24) is 9.97 Å². The van der Waals surface area contributed by atoms with E-state index in [2.05, 4.69) is 22.2 Å². The third-order valence-electron chi connectivity index (χ3n) is 2.45. The minimum absolute atomic E-state index is 0.688. The van der Waals surface area contributed by atoms with Crippen molar-refractivity contribution in [3.05, 3.63) is 48.5 Å². The molecule has 4 nitrogen and oxygen atoms in total. The molecule has 0 saturated heterocycles. The molecule has 0 aliphatic carbocycles.